The van der Waals surface area contributed by atoms with Gasteiger partial charge in [-0.15, -0.1) is 0 Å². The maximum atomic E-state index is 13.1. The van der Waals surface area contributed by atoms with E-state index in [0.29, 0.717) is 15.8 Å². The fourth-order valence-corrected chi connectivity index (χ4v) is 4.59. The average molecular weight is 432 g/mol. The Bertz CT molecular complexity index is 1120. The van der Waals surface area contributed by atoms with Crippen LogP contribution in [0.3, 0.4) is 0 Å². The van der Waals surface area contributed by atoms with Crippen LogP contribution in [0.4, 0.5) is 0 Å². The lowest BCUT2D eigenvalue weighted by molar-refractivity contribution is 0.451. The molecule has 0 saturated carbocycles. The molecule has 1 unspecified atom stereocenters. The van der Waals surface area contributed by atoms with Crippen molar-refractivity contribution in [1.82, 2.24) is 9.40 Å². The van der Waals surface area contributed by atoms with Crippen LogP contribution in [0.1, 0.15) is 17.0 Å². The number of rotatable bonds is 4. The van der Waals surface area contributed by atoms with Crippen molar-refractivity contribution in [3.63, 3.8) is 0 Å². The maximum Gasteiger partial charge on any atom is 0.279 e. The van der Waals surface area contributed by atoms with Gasteiger partial charge in [-0.05, 0) is 53.6 Å². The highest BCUT2D eigenvalue weighted by atomic mass is 35.5. The predicted molar refractivity (Wildman–Crippen MR) is 110 cm³/mol. The minimum absolute atomic E-state index is 0.142. The molecule has 0 saturated heterocycles. The molecule has 0 spiro atoms. The lowest BCUT2D eigenvalue weighted by Gasteiger charge is -2.16. The monoisotopic (exact) mass is 431 g/mol. The maximum absolute atomic E-state index is 13.1. The molecule has 1 aliphatic heterocycles. The second-order valence-electron chi connectivity index (χ2n) is 6.29. The summed E-state index contributed by atoms with van der Waals surface area (Å²) >= 11 is 11.9. The van der Waals surface area contributed by atoms with Gasteiger partial charge >= 0.3 is 0 Å². The van der Waals surface area contributed by atoms with Crippen LogP contribution in [-0.4, -0.2) is 30.1 Å². The molecule has 3 aromatic rings. The Morgan fingerprint density at radius 3 is 2.18 bits per heavy atom. The van der Waals surface area contributed by atoms with Crippen LogP contribution in [0.25, 0.3) is 0 Å². The fourth-order valence-electron chi connectivity index (χ4n) is 3.08. The van der Waals surface area contributed by atoms with Crippen LogP contribution in [0.5, 0.6) is 0 Å². The molecular formula is C20H15Cl2N3O2S. The van der Waals surface area contributed by atoms with Crippen LogP contribution < -0.4 is 0 Å². The molecule has 0 fully saturated rings. The van der Waals surface area contributed by atoms with E-state index < -0.39 is 10.0 Å². The van der Waals surface area contributed by atoms with Crippen molar-refractivity contribution in [3.8, 4) is 0 Å². The molecule has 0 amide bonds. The SMILES string of the molecule is O=S(=O)(c1ccc(Cl)cc1)N1CC(c2cccnc2)C(c2ccc(Cl)cc2)=N1. The van der Waals surface area contributed by atoms with Crippen LogP contribution in [0.2, 0.25) is 10.0 Å². The van der Waals surface area contributed by atoms with E-state index in [1.807, 2.05) is 24.3 Å². The molecule has 1 aromatic heterocycles. The van der Waals surface area contributed by atoms with E-state index in [1.54, 1.807) is 36.7 Å². The van der Waals surface area contributed by atoms with Crippen molar-refractivity contribution >= 4 is 38.9 Å². The highest BCUT2D eigenvalue weighted by Gasteiger charge is 2.36. The van der Waals surface area contributed by atoms with Crippen molar-refractivity contribution in [3.05, 3.63) is 94.2 Å². The molecule has 1 atom stereocenters. The van der Waals surface area contributed by atoms with Gasteiger partial charge in [0.15, 0.2) is 0 Å². The van der Waals surface area contributed by atoms with Crippen molar-refractivity contribution in [2.75, 3.05) is 6.54 Å². The molecule has 0 bridgehead atoms. The Labute approximate surface area is 173 Å². The number of nitrogens with zero attached hydrogens (tertiary/aromatic N) is 3. The zero-order chi connectivity index (χ0) is 19.7. The molecule has 2 heterocycles. The van der Waals surface area contributed by atoms with Crippen molar-refractivity contribution in [1.29, 1.82) is 0 Å². The lowest BCUT2D eigenvalue weighted by Crippen LogP contribution is -2.26. The molecule has 8 heteroatoms. The number of benzene rings is 2. The zero-order valence-electron chi connectivity index (χ0n) is 14.5. The molecule has 2 aromatic carbocycles. The standard InChI is InChI=1S/C20H15Cl2N3O2S/c21-16-5-3-14(4-6-16)20-19(15-2-1-11-23-12-15)13-25(24-20)28(26,27)18-9-7-17(22)8-10-18/h1-12,19H,13H2. The van der Waals surface area contributed by atoms with Crippen molar-refractivity contribution < 1.29 is 8.42 Å². The predicted octanol–water partition coefficient (Wildman–Crippen LogP) is 4.58. The normalized spacial score (nSPS) is 16.9. The Kier molecular flexibility index (Phi) is 5.10. The highest BCUT2D eigenvalue weighted by molar-refractivity contribution is 7.89. The third kappa shape index (κ3) is 3.63. The van der Waals surface area contributed by atoms with Gasteiger partial charge in [0.2, 0.25) is 0 Å². The van der Waals surface area contributed by atoms with E-state index in [1.165, 1.54) is 12.1 Å². The smallest absolute Gasteiger partial charge is 0.264 e. The number of halogens is 2. The largest absolute Gasteiger partial charge is 0.279 e. The number of hydrazone groups is 1. The minimum atomic E-state index is -3.80. The average Bonchev–Trinajstić information content (AvgIpc) is 3.16. The topological polar surface area (TPSA) is 62.6 Å². The molecule has 142 valence electrons. The number of aromatic nitrogens is 1. The first kappa shape index (κ1) is 18.9. The Hall–Kier alpha value is -2.41. The Morgan fingerprint density at radius 2 is 1.57 bits per heavy atom. The van der Waals surface area contributed by atoms with Crippen LogP contribution in [-0.2, 0) is 10.0 Å². The van der Waals surface area contributed by atoms with Gasteiger partial charge in [-0.2, -0.15) is 17.9 Å². The van der Waals surface area contributed by atoms with Gasteiger partial charge in [0.25, 0.3) is 10.0 Å². The molecule has 0 N–H and O–H groups in total. The summed E-state index contributed by atoms with van der Waals surface area (Å²) in [5, 5.41) is 5.55. The number of sulfonamides is 1. The summed E-state index contributed by atoms with van der Waals surface area (Å²) in [4.78, 5) is 4.31. The van der Waals surface area contributed by atoms with Gasteiger partial charge in [-0.1, -0.05) is 41.4 Å². The third-order valence-corrected chi connectivity index (χ3v) is 6.66. The van der Waals surface area contributed by atoms with Gasteiger partial charge in [0.1, 0.15) is 0 Å². The molecule has 5 nitrogen and oxygen atoms in total. The molecule has 0 aliphatic carbocycles. The summed E-state index contributed by atoms with van der Waals surface area (Å²) in [7, 11) is -3.80. The third-order valence-electron chi connectivity index (χ3n) is 4.50. The number of hydrogen-bond donors (Lipinski definition) is 0. The van der Waals surface area contributed by atoms with E-state index >= 15 is 0 Å². The first-order valence-electron chi connectivity index (χ1n) is 8.48. The van der Waals surface area contributed by atoms with E-state index in [4.69, 9.17) is 23.2 Å². The van der Waals surface area contributed by atoms with Crippen LogP contribution in [0.15, 0.2) is 83.1 Å². The summed E-state index contributed by atoms with van der Waals surface area (Å²) in [6, 6.07) is 17.0. The summed E-state index contributed by atoms with van der Waals surface area (Å²) in [6.45, 7) is 0.189. The van der Waals surface area contributed by atoms with Crippen LogP contribution in [0, 0.1) is 0 Å². The van der Waals surface area contributed by atoms with E-state index in [2.05, 4.69) is 10.1 Å². The summed E-state index contributed by atoms with van der Waals surface area (Å²) in [5.74, 6) is -0.239. The highest BCUT2D eigenvalue weighted by Crippen LogP contribution is 2.32. The molecular weight excluding hydrogens is 417 g/mol. The first-order valence-corrected chi connectivity index (χ1v) is 10.7. The molecule has 28 heavy (non-hydrogen) atoms. The lowest BCUT2D eigenvalue weighted by atomic mass is 9.92. The second kappa shape index (κ2) is 7.54. The fraction of sp³-hybridized carbons (Fsp3) is 0.100. The Balaban J connectivity index is 1.77. The summed E-state index contributed by atoms with van der Waals surface area (Å²) < 4.78 is 27.3. The molecule has 0 radical (unpaired) electrons. The van der Waals surface area contributed by atoms with Gasteiger partial charge in [-0.25, -0.2) is 0 Å². The zero-order valence-corrected chi connectivity index (χ0v) is 16.9. The quantitative estimate of drug-likeness (QED) is 0.606. The van der Waals surface area contributed by atoms with E-state index in [9.17, 15) is 8.42 Å². The molecule has 4 rings (SSSR count). The minimum Gasteiger partial charge on any atom is -0.264 e. The van der Waals surface area contributed by atoms with E-state index in [0.717, 1.165) is 15.5 Å². The second-order valence-corrected chi connectivity index (χ2v) is 9.01. The molecule has 1 aliphatic rings. The van der Waals surface area contributed by atoms with Crippen LogP contribution >= 0.6 is 23.2 Å². The van der Waals surface area contributed by atoms with Crippen molar-refractivity contribution in [2.45, 2.75) is 10.8 Å². The Morgan fingerprint density at radius 1 is 0.929 bits per heavy atom. The van der Waals surface area contributed by atoms with Crippen molar-refractivity contribution in [2.24, 2.45) is 5.10 Å². The first-order chi connectivity index (χ1) is 13.4. The van der Waals surface area contributed by atoms with Gasteiger partial charge in [0, 0.05) is 22.4 Å². The summed E-state index contributed by atoms with van der Waals surface area (Å²) in [6.07, 6.45) is 3.41. The van der Waals surface area contributed by atoms with Gasteiger partial charge < -0.3 is 0 Å². The van der Waals surface area contributed by atoms with Gasteiger partial charge in [-0.3, -0.25) is 4.98 Å². The van der Waals surface area contributed by atoms with E-state index in [-0.39, 0.29) is 17.4 Å². The summed E-state index contributed by atoms with van der Waals surface area (Å²) in [5.41, 5.74) is 2.36. The van der Waals surface area contributed by atoms with Gasteiger partial charge in [0.05, 0.1) is 23.1 Å². The number of pyridine rings is 1. The number of hydrogen-bond acceptors (Lipinski definition) is 4.